The molecule has 1 N–H and O–H groups in total. The van der Waals surface area contributed by atoms with Gasteiger partial charge in [0.25, 0.3) is 0 Å². The number of methoxy groups -OCH3 is 3. The van der Waals surface area contributed by atoms with Crippen LogP contribution >= 0.6 is 11.3 Å². The Balaban J connectivity index is 2.46. The Bertz CT molecular complexity index is 574. The Hall–Kier alpha value is -1.86. The van der Waals surface area contributed by atoms with Gasteiger partial charge in [0.15, 0.2) is 0 Å². The molecular formula is C13H17N3O3S. The number of hydrogen-bond acceptors (Lipinski definition) is 7. The molecule has 1 atom stereocenters. The highest BCUT2D eigenvalue weighted by Gasteiger charge is 2.24. The molecule has 0 bridgehead atoms. The van der Waals surface area contributed by atoms with Gasteiger partial charge < -0.3 is 19.5 Å². The van der Waals surface area contributed by atoms with Crippen LogP contribution in [-0.2, 0) is 0 Å². The molecule has 0 saturated carbocycles. The summed E-state index contributed by atoms with van der Waals surface area (Å²) in [7, 11) is 6.61. The van der Waals surface area contributed by atoms with Crippen LogP contribution < -0.4 is 19.5 Å². The van der Waals surface area contributed by atoms with Gasteiger partial charge in [0.2, 0.25) is 11.8 Å². The third-order valence-electron chi connectivity index (χ3n) is 2.85. The lowest BCUT2D eigenvalue weighted by Gasteiger charge is -2.17. The first kappa shape index (κ1) is 14.5. The van der Waals surface area contributed by atoms with Crippen molar-refractivity contribution in [1.82, 2.24) is 15.3 Å². The molecule has 0 aliphatic heterocycles. The Morgan fingerprint density at radius 1 is 1.20 bits per heavy atom. The van der Waals surface area contributed by atoms with Gasteiger partial charge in [-0.05, 0) is 18.5 Å². The van der Waals surface area contributed by atoms with Crippen molar-refractivity contribution in [3.63, 3.8) is 0 Å². The second kappa shape index (κ2) is 6.53. The fourth-order valence-electron chi connectivity index (χ4n) is 1.89. The maximum atomic E-state index is 5.36. The minimum absolute atomic E-state index is 0.154. The van der Waals surface area contributed by atoms with Crippen LogP contribution in [0.15, 0.2) is 17.6 Å². The summed E-state index contributed by atoms with van der Waals surface area (Å²) >= 11 is 1.59. The molecule has 6 nitrogen and oxygen atoms in total. The van der Waals surface area contributed by atoms with E-state index < -0.39 is 0 Å². The summed E-state index contributed by atoms with van der Waals surface area (Å²) in [4.78, 5) is 9.68. The van der Waals surface area contributed by atoms with E-state index in [0.717, 1.165) is 10.6 Å². The van der Waals surface area contributed by atoms with Gasteiger partial charge in [-0.2, -0.15) is 4.98 Å². The van der Waals surface area contributed by atoms with Crippen molar-refractivity contribution in [3.8, 4) is 17.5 Å². The minimum Gasteiger partial charge on any atom is -0.496 e. The van der Waals surface area contributed by atoms with Gasteiger partial charge in [-0.3, -0.25) is 0 Å². The predicted octanol–water partition coefficient (Wildman–Crippen LogP) is 1.87. The molecule has 1 unspecified atom stereocenters. The number of nitrogens with zero attached hydrogens (tertiary/aromatic N) is 2. The van der Waals surface area contributed by atoms with Crippen molar-refractivity contribution in [2.75, 3.05) is 28.4 Å². The van der Waals surface area contributed by atoms with Crippen LogP contribution in [0.4, 0.5) is 0 Å². The quantitative estimate of drug-likeness (QED) is 0.877. The zero-order valence-electron chi connectivity index (χ0n) is 11.8. The molecule has 7 heteroatoms. The normalized spacial score (nSPS) is 12.0. The second-order valence-corrected chi connectivity index (χ2v) is 4.83. The molecule has 2 aromatic heterocycles. The van der Waals surface area contributed by atoms with Crippen LogP contribution in [-0.4, -0.2) is 38.3 Å². The minimum atomic E-state index is -0.154. The first-order valence-electron chi connectivity index (χ1n) is 5.98. The molecule has 0 spiro atoms. The number of nitrogens with one attached hydrogen (secondary N) is 1. The van der Waals surface area contributed by atoms with E-state index in [-0.39, 0.29) is 6.04 Å². The number of rotatable bonds is 6. The van der Waals surface area contributed by atoms with Crippen LogP contribution in [0.25, 0.3) is 0 Å². The zero-order valence-corrected chi connectivity index (χ0v) is 12.7. The molecule has 0 amide bonds. The van der Waals surface area contributed by atoms with Gasteiger partial charge in [0.1, 0.15) is 11.4 Å². The van der Waals surface area contributed by atoms with Gasteiger partial charge in [0.05, 0.1) is 38.4 Å². The molecule has 0 aliphatic rings. The van der Waals surface area contributed by atoms with Crippen molar-refractivity contribution in [2.45, 2.75) is 6.04 Å². The smallest absolute Gasteiger partial charge is 0.240 e. The molecule has 0 saturated heterocycles. The van der Waals surface area contributed by atoms with E-state index in [1.807, 2.05) is 18.5 Å². The molecule has 2 aromatic rings. The lowest BCUT2D eigenvalue weighted by Crippen LogP contribution is -2.20. The lowest BCUT2D eigenvalue weighted by molar-refractivity contribution is 0.352. The van der Waals surface area contributed by atoms with Gasteiger partial charge in [-0.15, -0.1) is 11.3 Å². The number of thiophene rings is 1. The number of hydrogen-bond donors (Lipinski definition) is 1. The van der Waals surface area contributed by atoms with Crippen LogP contribution in [0, 0.1) is 0 Å². The maximum absolute atomic E-state index is 5.36. The third kappa shape index (κ3) is 2.68. The molecule has 2 heterocycles. The summed E-state index contributed by atoms with van der Waals surface area (Å²) in [5.74, 6) is 1.66. The van der Waals surface area contributed by atoms with E-state index >= 15 is 0 Å². The van der Waals surface area contributed by atoms with Gasteiger partial charge in [-0.1, -0.05) is 0 Å². The fraction of sp³-hybridized carbons (Fsp3) is 0.385. The molecule has 0 radical (unpaired) electrons. The van der Waals surface area contributed by atoms with Crippen molar-refractivity contribution in [1.29, 1.82) is 0 Å². The summed E-state index contributed by atoms with van der Waals surface area (Å²) in [6.45, 7) is 0. The predicted molar refractivity (Wildman–Crippen MR) is 76.9 cm³/mol. The first-order chi connectivity index (χ1) is 9.74. The highest BCUT2D eigenvalue weighted by Crippen LogP contribution is 2.36. The van der Waals surface area contributed by atoms with Crippen molar-refractivity contribution in [2.24, 2.45) is 0 Å². The van der Waals surface area contributed by atoms with Crippen molar-refractivity contribution in [3.05, 3.63) is 28.2 Å². The monoisotopic (exact) mass is 295 g/mol. The lowest BCUT2D eigenvalue weighted by atomic mass is 10.1. The summed E-state index contributed by atoms with van der Waals surface area (Å²) < 4.78 is 15.7. The SMILES string of the molecule is CNC(c1ncc(OC)nc1OC)c1sccc1OC. The third-order valence-corrected chi connectivity index (χ3v) is 3.81. The van der Waals surface area contributed by atoms with E-state index in [2.05, 4.69) is 15.3 Å². The van der Waals surface area contributed by atoms with Crippen LogP contribution in [0.5, 0.6) is 17.5 Å². The molecule has 0 fully saturated rings. The topological polar surface area (TPSA) is 65.5 Å². The van der Waals surface area contributed by atoms with Gasteiger partial charge >= 0.3 is 0 Å². The number of aromatic nitrogens is 2. The van der Waals surface area contributed by atoms with Crippen LogP contribution in [0.3, 0.4) is 0 Å². The Labute approximate surface area is 121 Å². The molecule has 2 rings (SSSR count). The maximum Gasteiger partial charge on any atom is 0.240 e. The Kier molecular flexibility index (Phi) is 4.75. The van der Waals surface area contributed by atoms with Gasteiger partial charge in [-0.25, -0.2) is 4.98 Å². The first-order valence-corrected chi connectivity index (χ1v) is 6.86. The summed E-state index contributed by atoms with van der Waals surface area (Å²) in [5.41, 5.74) is 0.691. The highest BCUT2D eigenvalue weighted by atomic mass is 32.1. The Morgan fingerprint density at radius 2 is 2.00 bits per heavy atom. The summed E-state index contributed by atoms with van der Waals surface area (Å²) in [5, 5.41) is 5.19. The average Bonchev–Trinajstić information content (AvgIpc) is 2.96. The molecular weight excluding hydrogens is 278 g/mol. The molecule has 0 aromatic carbocycles. The van der Waals surface area contributed by atoms with E-state index in [0.29, 0.717) is 17.5 Å². The molecule has 0 aliphatic carbocycles. The van der Waals surface area contributed by atoms with Crippen molar-refractivity contribution >= 4 is 11.3 Å². The van der Waals surface area contributed by atoms with Crippen LogP contribution in [0.2, 0.25) is 0 Å². The second-order valence-electron chi connectivity index (χ2n) is 3.88. The molecule has 108 valence electrons. The van der Waals surface area contributed by atoms with Crippen LogP contribution in [0.1, 0.15) is 16.6 Å². The van der Waals surface area contributed by atoms with E-state index in [9.17, 15) is 0 Å². The van der Waals surface area contributed by atoms with E-state index in [1.165, 1.54) is 0 Å². The average molecular weight is 295 g/mol. The van der Waals surface area contributed by atoms with Gasteiger partial charge in [0, 0.05) is 0 Å². The summed E-state index contributed by atoms with van der Waals surface area (Å²) in [6, 6.07) is 1.77. The number of ether oxygens (including phenoxy) is 3. The van der Waals surface area contributed by atoms with E-state index in [4.69, 9.17) is 14.2 Å². The fourth-order valence-corrected chi connectivity index (χ4v) is 2.86. The summed E-state index contributed by atoms with van der Waals surface area (Å²) in [6.07, 6.45) is 1.57. The largest absolute Gasteiger partial charge is 0.496 e. The molecule has 20 heavy (non-hydrogen) atoms. The van der Waals surface area contributed by atoms with Crippen molar-refractivity contribution < 1.29 is 14.2 Å². The highest BCUT2D eigenvalue weighted by molar-refractivity contribution is 7.10. The Morgan fingerprint density at radius 3 is 2.60 bits per heavy atom. The van der Waals surface area contributed by atoms with E-state index in [1.54, 1.807) is 38.9 Å². The standard InChI is InChI=1S/C13H17N3O3S/c1-14-10(12-8(17-2)5-6-20-12)11-13(19-4)16-9(18-3)7-15-11/h5-7,10,14H,1-4H3. The zero-order chi connectivity index (χ0) is 14.5.